The van der Waals surface area contributed by atoms with E-state index in [2.05, 4.69) is 15.3 Å². The normalized spacial score (nSPS) is 10.2. The second kappa shape index (κ2) is 6.65. The summed E-state index contributed by atoms with van der Waals surface area (Å²) in [5.74, 6) is 0.893. The maximum absolute atomic E-state index is 11.2. The van der Waals surface area contributed by atoms with Crippen molar-refractivity contribution >= 4 is 11.6 Å². The van der Waals surface area contributed by atoms with E-state index in [1.165, 1.54) is 6.20 Å². The lowest BCUT2D eigenvalue weighted by Crippen LogP contribution is -2.03. The summed E-state index contributed by atoms with van der Waals surface area (Å²) >= 11 is 0. The Morgan fingerprint density at radius 1 is 1.38 bits per heavy atom. The monoisotopic (exact) mass is 288 g/mol. The lowest BCUT2D eigenvalue weighted by molar-refractivity contribution is -0.384. The van der Waals surface area contributed by atoms with Crippen molar-refractivity contribution in [2.75, 3.05) is 19.0 Å². The highest BCUT2D eigenvalue weighted by Gasteiger charge is 2.21. The fourth-order valence-electron chi connectivity index (χ4n) is 1.83. The number of nitro groups is 1. The highest BCUT2D eigenvalue weighted by Crippen LogP contribution is 2.34. The fraction of sp³-hybridized carbons (Fsp3) is 0.286. The van der Waals surface area contributed by atoms with Crippen molar-refractivity contribution in [3.8, 4) is 17.0 Å². The fourth-order valence-corrected chi connectivity index (χ4v) is 1.83. The van der Waals surface area contributed by atoms with Crippen molar-refractivity contribution in [1.29, 1.82) is 0 Å². The van der Waals surface area contributed by atoms with Crippen LogP contribution >= 0.6 is 0 Å². The Morgan fingerprint density at radius 3 is 2.81 bits per heavy atom. The molecule has 0 radical (unpaired) electrons. The highest BCUT2D eigenvalue weighted by molar-refractivity contribution is 5.75. The average molecular weight is 288 g/mol. The molecule has 2 rings (SSSR count). The predicted molar refractivity (Wildman–Crippen MR) is 79.5 cm³/mol. The SMILES string of the molecule is CCCOc1ccccc1-c1nc(NC)ncc1[N+](=O)[O-]. The zero-order chi connectivity index (χ0) is 15.2. The van der Waals surface area contributed by atoms with Crippen LogP contribution in [0.3, 0.4) is 0 Å². The van der Waals surface area contributed by atoms with Crippen LogP contribution in [-0.4, -0.2) is 28.5 Å². The van der Waals surface area contributed by atoms with Gasteiger partial charge in [-0.3, -0.25) is 10.1 Å². The maximum Gasteiger partial charge on any atom is 0.313 e. The summed E-state index contributed by atoms with van der Waals surface area (Å²) in [6.45, 7) is 2.53. The molecule has 0 saturated heterocycles. The van der Waals surface area contributed by atoms with Crippen molar-refractivity contribution in [1.82, 2.24) is 9.97 Å². The molecule has 1 heterocycles. The van der Waals surface area contributed by atoms with Gasteiger partial charge in [0, 0.05) is 12.6 Å². The molecular weight excluding hydrogens is 272 g/mol. The van der Waals surface area contributed by atoms with Gasteiger partial charge in [0.15, 0.2) is 5.69 Å². The first-order valence-electron chi connectivity index (χ1n) is 6.58. The van der Waals surface area contributed by atoms with Gasteiger partial charge in [0.25, 0.3) is 0 Å². The maximum atomic E-state index is 11.2. The molecule has 7 heteroatoms. The Hall–Kier alpha value is -2.70. The van der Waals surface area contributed by atoms with Gasteiger partial charge >= 0.3 is 5.69 Å². The zero-order valence-electron chi connectivity index (χ0n) is 11.9. The molecule has 0 aliphatic heterocycles. The first-order chi connectivity index (χ1) is 10.2. The van der Waals surface area contributed by atoms with Gasteiger partial charge in [0.05, 0.1) is 11.5 Å². The molecule has 0 aliphatic rings. The van der Waals surface area contributed by atoms with Crippen LogP contribution in [0.4, 0.5) is 11.6 Å². The first kappa shape index (κ1) is 14.7. The number of benzene rings is 1. The first-order valence-corrected chi connectivity index (χ1v) is 6.58. The highest BCUT2D eigenvalue weighted by atomic mass is 16.6. The molecule has 0 unspecified atom stereocenters. The van der Waals surface area contributed by atoms with Gasteiger partial charge in [-0.2, -0.15) is 0 Å². The molecule has 1 aromatic heterocycles. The summed E-state index contributed by atoms with van der Waals surface area (Å²) in [6, 6.07) is 7.13. The van der Waals surface area contributed by atoms with Crippen molar-refractivity contribution in [3.63, 3.8) is 0 Å². The molecule has 110 valence electrons. The number of aromatic nitrogens is 2. The van der Waals surface area contributed by atoms with Crippen LogP contribution < -0.4 is 10.1 Å². The van der Waals surface area contributed by atoms with Gasteiger partial charge in [-0.05, 0) is 18.6 Å². The van der Waals surface area contributed by atoms with Crippen molar-refractivity contribution in [3.05, 3.63) is 40.6 Å². The van der Waals surface area contributed by atoms with Crippen LogP contribution in [0.25, 0.3) is 11.3 Å². The Balaban J connectivity index is 2.56. The van der Waals surface area contributed by atoms with Gasteiger partial charge in [0.1, 0.15) is 11.9 Å². The van der Waals surface area contributed by atoms with Crippen LogP contribution in [0, 0.1) is 10.1 Å². The van der Waals surface area contributed by atoms with E-state index >= 15 is 0 Å². The van der Waals surface area contributed by atoms with E-state index in [9.17, 15) is 10.1 Å². The Labute approximate surface area is 122 Å². The van der Waals surface area contributed by atoms with Crippen molar-refractivity contribution in [2.45, 2.75) is 13.3 Å². The second-order valence-corrected chi connectivity index (χ2v) is 4.28. The number of ether oxygens (including phenoxy) is 1. The second-order valence-electron chi connectivity index (χ2n) is 4.28. The summed E-state index contributed by atoms with van der Waals surface area (Å²) in [6.07, 6.45) is 2.05. The Kier molecular flexibility index (Phi) is 4.65. The van der Waals surface area contributed by atoms with Gasteiger partial charge in [0.2, 0.25) is 5.95 Å². The van der Waals surface area contributed by atoms with Crippen LogP contribution in [-0.2, 0) is 0 Å². The summed E-state index contributed by atoms with van der Waals surface area (Å²) in [4.78, 5) is 18.8. The molecule has 0 saturated carbocycles. The smallest absolute Gasteiger partial charge is 0.313 e. The summed E-state index contributed by atoms with van der Waals surface area (Å²) < 4.78 is 5.65. The number of nitrogens with zero attached hydrogens (tertiary/aromatic N) is 3. The topological polar surface area (TPSA) is 90.2 Å². The van der Waals surface area contributed by atoms with Crippen LogP contribution in [0.2, 0.25) is 0 Å². The molecule has 0 fully saturated rings. The van der Waals surface area contributed by atoms with Crippen LogP contribution in [0.15, 0.2) is 30.5 Å². The van der Waals surface area contributed by atoms with Crippen LogP contribution in [0.1, 0.15) is 13.3 Å². The number of para-hydroxylation sites is 1. The van der Waals surface area contributed by atoms with E-state index in [1.807, 2.05) is 13.0 Å². The zero-order valence-corrected chi connectivity index (χ0v) is 11.9. The third-order valence-electron chi connectivity index (χ3n) is 2.79. The van der Waals surface area contributed by atoms with E-state index in [0.29, 0.717) is 23.9 Å². The Morgan fingerprint density at radius 2 is 2.14 bits per heavy atom. The van der Waals surface area contributed by atoms with E-state index in [-0.39, 0.29) is 11.4 Å². The molecule has 7 nitrogen and oxygen atoms in total. The molecule has 0 spiro atoms. The molecule has 0 aliphatic carbocycles. The number of nitrogens with one attached hydrogen (secondary N) is 1. The predicted octanol–water partition coefficient (Wildman–Crippen LogP) is 2.88. The van der Waals surface area contributed by atoms with E-state index in [0.717, 1.165) is 6.42 Å². The van der Waals surface area contributed by atoms with Gasteiger partial charge < -0.3 is 10.1 Å². The van der Waals surface area contributed by atoms with Gasteiger partial charge in [-0.1, -0.05) is 19.1 Å². The van der Waals surface area contributed by atoms with E-state index in [4.69, 9.17) is 4.74 Å². The third kappa shape index (κ3) is 3.25. The number of hydrogen-bond acceptors (Lipinski definition) is 6. The number of hydrogen-bond donors (Lipinski definition) is 1. The standard InChI is InChI=1S/C14H16N4O3/c1-3-8-21-12-7-5-4-6-10(12)13-11(18(19)20)9-16-14(15-2)17-13/h4-7,9H,3,8H2,1-2H3,(H,15,16,17). The lowest BCUT2D eigenvalue weighted by atomic mass is 10.1. The van der Waals surface area contributed by atoms with E-state index in [1.54, 1.807) is 25.2 Å². The Bertz CT molecular complexity index is 646. The summed E-state index contributed by atoms with van der Waals surface area (Å²) in [5.41, 5.74) is 0.671. The largest absolute Gasteiger partial charge is 0.493 e. The minimum Gasteiger partial charge on any atom is -0.493 e. The van der Waals surface area contributed by atoms with Crippen LogP contribution in [0.5, 0.6) is 5.75 Å². The number of anilines is 1. The van der Waals surface area contributed by atoms with E-state index < -0.39 is 4.92 Å². The molecule has 2 aromatic rings. The minimum absolute atomic E-state index is 0.151. The molecule has 1 N–H and O–H groups in total. The van der Waals surface area contributed by atoms with Gasteiger partial charge in [-0.15, -0.1) is 0 Å². The summed E-state index contributed by atoms with van der Waals surface area (Å²) in [5, 5.41) is 14.0. The molecule has 0 amide bonds. The molecule has 1 aromatic carbocycles. The van der Waals surface area contributed by atoms with Crippen molar-refractivity contribution in [2.24, 2.45) is 0 Å². The molecule has 0 atom stereocenters. The lowest BCUT2D eigenvalue weighted by Gasteiger charge is -2.11. The van der Waals surface area contributed by atoms with Gasteiger partial charge in [-0.25, -0.2) is 9.97 Å². The van der Waals surface area contributed by atoms with Crippen molar-refractivity contribution < 1.29 is 9.66 Å². The summed E-state index contributed by atoms with van der Waals surface area (Å²) in [7, 11) is 1.66. The molecule has 0 bridgehead atoms. The third-order valence-corrected chi connectivity index (χ3v) is 2.79. The quantitative estimate of drug-likeness (QED) is 0.649. The molecule has 21 heavy (non-hydrogen) atoms. The number of rotatable bonds is 6. The molecular formula is C14H16N4O3. The average Bonchev–Trinajstić information content (AvgIpc) is 2.52. The minimum atomic E-state index is -0.495.